The first kappa shape index (κ1) is 9.63. The second kappa shape index (κ2) is 5.08. The molecule has 0 heterocycles. The van der Waals surface area contributed by atoms with Crippen LogP contribution in [0.2, 0.25) is 0 Å². The van der Waals surface area contributed by atoms with Crippen molar-refractivity contribution in [1.82, 2.24) is 0 Å². The molecule has 0 saturated carbocycles. The van der Waals surface area contributed by atoms with Crippen molar-refractivity contribution >= 4 is 0 Å². The highest BCUT2D eigenvalue weighted by molar-refractivity contribution is 4.98. The van der Waals surface area contributed by atoms with E-state index >= 15 is 0 Å². The first-order chi connectivity index (χ1) is 6.95. The summed E-state index contributed by atoms with van der Waals surface area (Å²) in [5.41, 5.74) is 0. The molecule has 2 rings (SSSR count). The molecule has 2 aliphatic carbocycles. The average Bonchev–Trinajstić information content (AvgIpc) is 2.29. The van der Waals surface area contributed by atoms with Crippen LogP contribution in [0.15, 0.2) is 23.7 Å². The second-order valence-corrected chi connectivity index (χ2v) is 4.00. The number of allylic oxidation sites excluding steroid dienone is 4. The Morgan fingerprint density at radius 3 is 1.57 bits per heavy atom. The monoisotopic (exact) mass is 194 g/mol. The van der Waals surface area contributed by atoms with Crippen molar-refractivity contribution in [3.05, 3.63) is 23.7 Å². The van der Waals surface area contributed by atoms with Crippen molar-refractivity contribution in [2.45, 2.75) is 51.4 Å². The molecule has 0 fully saturated rings. The summed E-state index contributed by atoms with van der Waals surface area (Å²) < 4.78 is 0. The van der Waals surface area contributed by atoms with Crippen molar-refractivity contribution < 1.29 is 9.78 Å². The molecule has 0 aromatic carbocycles. The van der Waals surface area contributed by atoms with E-state index in [1.165, 1.54) is 25.7 Å². The fourth-order valence-electron chi connectivity index (χ4n) is 1.88. The van der Waals surface area contributed by atoms with Gasteiger partial charge in [0.05, 0.1) is 0 Å². The van der Waals surface area contributed by atoms with Gasteiger partial charge in [-0.05, 0) is 50.7 Å². The van der Waals surface area contributed by atoms with E-state index in [1.807, 2.05) is 0 Å². The molecule has 0 bridgehead atoms. The van der Waals surface area contributed by atoms with Crippen molar-refractivity contribution in [2.24, 2.45) is 0 Å². The van der Waals surface area contributed by atoms with E-state index in [1.54, 1.807) is 0 Å². The van der Waals surface area contributed by atoms with Crippen molar-refractivity contribution in [3.63, 3.8) is 0 Å². The molecule has 0 spiro atoms. The summed E-state index contributed by atoms with van der Waals surface area (Å²) in [5, 5.41) is 0. The molecular formula is C12H18O2. The average molecular weight is 194 g/mol. The lowest BCUT2D eigenvalue weighted by atomic mass is 10.1. The van der Waals surface area contributed by atoms with E-state index < -0.39 is 0 Å². The maximum absolute atomic E-state index is 5.32. The quantitative estimate of drug-likeness (QED) is 0.502. The smallest absolute Gasteiger partial charge is 0.151 e. The van der Waals surface area contributed by atoms with Gasteiger partial charge in [0.25, 0.3) is 0 Å². The standard InChI is InChI=1S/C12H18O2/c1-3-7-11(8-4-1)13-14-12-9-5-2-6-10-12/h7,9H,1-6,8,10H2. The van der Waals surface area contributed by atoms with Gasteiger partial charge in [0.1, 0.15) is 0 Å². The molecule has 0 aromatic rings. The van der Waals surface area contributed by atoms with Crippen molar-refractivity contribution in [2.75, 3.05) is 0 Å². The normalized spacial score (nSPS) is 22.3. The van der Waals surface area contributed by atoms with Crippen LogP contribution in [-0.2, 0) is 9.78 Å². The van der Waals surface area contributed by atoms with Crippen LogP contribution in [0.25, 0.3) is 0 Å². The van der Waals surface area contributed by atoms with Crippen LogP contribution in [0.5, 0.6) is 0 Å². The zero-order chi connectivity index (χ0) is 9.64. The predicted molar refractivity (Wildman–Crippen MR) is 55.3 cm³/mol. The lowest BCUT2D eigenvalue weighted by molar-refractivity contribution is -0.232. The van der Waals surface area contributed by atoms with Gasteiger partial charge in [0.15, 0.2) is 11.5 Å². The van der Waals surface area contributed by atoms with E-state index in [-0.39, 0.29) is 0 Å². The molecule has 14 heavy (non-hydrogen) atoms. The molecule has 2 heteroatoms. The van der Waals surface area contributed by atoms with E-state index in [4.69, 9.17) is 9.78 Å². The van der Waals surface area contributed by atoms with Gasteiger partial charge in [-0.3, -0.25) is 9.78 Å². The lowest BCUT2D eigenvalue weighted by Crippen LogP contribution is -2.01. The molecule has 0 aromatic heterocycles. The van der Waals surface area contributed by atoms with Crippen LogP contribution < -0.4 is 0 Å². The molecule has 0 saturated heterocycles. The van der Waals surface area contributed by atoms with Gasteiger partial charge in [-0.15, -0.1) is 0 Å². The highest BCUT2D eigenvalue weighted by Crippen LogP contribution is 2.23. The van der Waals surface area contributed by atoms with Crippen LogP contribution in [0.3, 0.4) is 0 Å². The third-order valence-corrected chi connectivity index (χ3v) is 2.75. The number of rotatable bonds is 3. The maximum Gasteiger partial charge on any atom is 0.151 e. The second-order valence-electron chi connectivity index (χ2n) is 4.00. The molecule has 0 radical (unpaired) electrons. The third kappa shape index (κ3) is 2.79. The molecule has 0 unspecified atom stereocenters. The fourth-order valence-corrected chi connectivity index (χ4v) is 1.88. The molecule has 78 valence electrons. The third-order valence-electron chi connectivity index (χ3n) is 2.75. The summed E-state index contributed by atoms with van der Waals surface area (Å²) in [6.45, 7) is 0. The topological polar surface area (TPSA) is 18.5 Å². The maximum atomic E-state index is 5.32. The summed E-state index contributed by atoms with van der Waals surface area (Å²) >= 11 is 0. The van der Waals surface area contributed by atoms with Crippen molar-refractivity contribution in [3.8, 4) is 0 Å². The molecule has 0 amide bonds. The van der Waals surface area contributed by atoms with Gasteiger partial charge in [0.2, 0.25) is 0 Å². The van der Waals surface area contributed by atoms with E-state index in [0.717, 1.165) is 37.2 Å². The Kier molecular flexibility index (Phi) is 3.50. The SMILES string of the molecule is C1=C(OOC2=CCCCC2)CCCC1. The van der Waals surface area contributed by atoms with Gasteiger partial charge in [0, 0.05) is 12.8 Å². The molecule has 2 aliphatic rings. The van der Waals surface area contributed by atoms with Gasteiger partial charge < -0.3 is 0 Å². The first-order valence-electron chi connectivity index (χ1n) is 5.68. The summed E-state index contributed by atoms with van der Waals surface area (Å²) in [6, 6.07) is 0. The zero-order valence-corrected chi connectivity index (χ0v) is 8.63. The van der Waals surface area contributed by atoms with Gasteiger partial charge in [-0.2, -0.15) is 0 Å². The van der Waals surface area contributed by atoms with Crippen LogP contribution in [0, 0.1) is 0 Å². The molecule has 0 N–H and O–H groups in total. The minimum atomic E-state index is 1.02. The summed E-state index contributed by atoms with van der Waals surface area (Å²) in [7, 11) is 0. The van der Waals surface area contributed by atoms with Gasteiger partial charge >= 0.3 is 0 Å². The van der Waals surface area contributed by atoms with E-state index in [9.17, 15) is 0 Å². The fraction of sp³-hybridized carbons (Fsp3) is 0.667. The van der Waals surface area contributed by atoms with Crippen LogP contribution in [-0.4, -0.2) is 0 Å². The summed E-state index contributed by atoms with van der Waals surface area (Å²) in [5.74, 6) is 2.03. The highest BCUT2D eigenvalue weighted by Gasteiger charge is 2.09. The van der Waals surface area contributed by atoms with E-state index in [0.29, 0.717) is 0 Å². The Hall–Kier alpha value is -0.920. The Balaban J connectivity index is 1.75. The Bertz CT molecular complexity index is 215. The Labute approximate surface area is 85.5 Å². The number of hydrogen-bond donors (Lipinski definition) is 0. The molecule has 0 atom stereocenters. The van der Waals surface area contributed by atoms with Gasteiger partial charge in [-0.25, -0.2) is 0 Å². The van der Waals surface area contributed by atoms with Crippen LogP contribution in [0.4, 0.5) is 0 Å². The van der Waals surface area contributed by atoms with Gasteiger partial charge in [-0.1, -0.05) is 0 Å². The van der Waals surface area contributed by atoms with Crippen LogP contribution >= 0.6 is 0 Å². The lowest BCUT2D eigenvalue weighted by Gasteiger charge is -2.16. The molecule has 2 nitrogen and oxygen atoms in total. The minimum Gasteiger partial charge on any atom is -0.295 e. The van der Waals surface area contributed by atoms with Crippen molar-refractivity contribution in [1.29, 1.82) is 0 Å². The Morgan fingerprint density at radius 2 is 1.21 bits per heavy atom. The predicted octanol–water partition coefficient (Wildman–Crippen LogP) is 3.85. The summed E-state index contributed by atoms with van der Waals surface area (Å²) in [4.78, 5) is 10.6. The first-order valence-corrected chi connectivity index (χ1v) is 5.68. The number of hydrogen-bond acceptors (Lipinski definition) is 2. The zero-order valence-electron chi connectivity index (χ0n) is 8.63. The summed E-state index contributed by atoms with van der Waals surface area (Å²) in [6.07, 6.45) is 13.7. The van der Waals surface area contributed by atoms with Crippen LogP contribution in [0.1, 0.15) is 51.4 Å². The Morgan fingerprint density at radius 1 is 0.714 bits per heavy atom. The molecule has 0 aliphatic heterocycles. The molecular weight excluding hydrogens is 176 g/mol. The highest BCUT2D eigenvalue weighted by atomic mass is 17.2. The largest absolute Gasteiger partial charge is 0.295 e. The minimum absolute atomic E-state index is 1.02. The van der Waals surface area contributed by atoms with E-state index in [2.05, 4.69) is 12.2 Å².